The van der Waals surface area contributed by atoms with E-state index >= 15 is 19.2 Å². The molecule has 1 spiro atoms. The van der Waals surface area contributed by atoms with Gasteiger partial charge in [0.2, 0.25) is 70.9 Å². The first-order valence-corrected chi connectivity index (χ1v) is 37.2. The highest BCUT2D eigenvalue weighted by Gasteiger charge is 2.52. The van der Waals surface area contributed by atoms with Crippen molar-refractivity contribution in [2.24, 2.45) is 35.5 Å². The maximum Gasteiger partial charge on any atom is 0.393 e. The fourth-order valence-corrected chi connectivity index (χ4v) is 16.8. The van der Waals surface area contributed by atoms with Gasteiger partial charge in [0.05, 0.1) is 18.9 Å². The van der Waals surface area contributed by atoms with Crippen molar-refractivity contribution in [2.45, 2.75) is 274 Å². The van der Waals surface area contributed by atoms with Crippen LogP contribution in [0.1, 0.15) is 203 Å². The molecule has 7 fully saturated rings. The molecule has 4 N–H and O–H groups in total. The van der Waals surface area contributed by atoms with Gasteiger partial charge in [-0.05, 0) is 133 Å². The molecule has 3 aliphatic carbocycles. The molecule has 24 nitrogen and oxygen atoms in total. The van der Waals surface area contributed by atoms with Crippen LogP contribution < -0.4 is 21.3 Å². The first-order valence-electron chi connectivity index (χ1n) is 36.8. The molecule has 4 saturated heterocycles. The monoisotopic (exact) mass is 1420 g/mol. The van der Waals surface area contributed by atoms with E-state index in [1.54, 1.807) is 25.7 Å². The average molecular weight is 1420 g/mol. The molecule has 28 heteroatoms. The van der Waals surface area contributed by atoms with Crippen LogP contribution in [0.25, 0.3) is 0 Å². The Balaban J connectivity index is 1.26. The van der Waals surface area contributed by atoms with Crippen LogP contribution in [0, 0.1) is 35.5 Å². The summed E-state index contributed by atoms with van der Waals surface area (Å²) in [5.74, 6) is -10.8. The SMILES string of the molecule is CC[C@H](C)[C@@H]1NC(=O)[C@H](CC(C)C)N(C)C(=O)C[C@@H](C(=O)N2CCCCC2)N(C)C(=O)[C@H](C(C)C)N(C)C(=O)C2(CCCC2)NC(=O)[C@@H]2CCCN2C(=O)[C@H](CCC2CCC(C(F)(F)F)C(Cl)C2)NC(=O)CN(C)C(=O)[C@H](CC2CCCCC2)N(C)C(=O)[C@@H]2CCN2C(=O)[C@H](C)NC1=O. The second-order valence-electron chi connectivity index (χ2n) is 30.7. The Kier molecular flexibility index (Phi) is 28.3. The number of nitrogens with zero attached hydrogens (tertiary/aromatic N) is 8. The van der Waals surface area contributed by atoms with Crippen LogP contribution in [-0.4, -0.2) is 250 Å². The predicted octanol–water partition coefficient (Wildman–Crippen LogP) is 5.75. The first-order chi connectivity index (χ1) is 46.6. The van der Waals surface area contributed by atoms with E-state index in [4.69, 9.17) is 11.6 Å². The van der Waals surface area contributed by atoms with Crippen LogP contribution in [-0.2, 0) is 57.5 Å². The van der Waals surface area contributed by atoms with Crippen LogP contribution in [0.15, 0.2) is 0 Å². The minimum absolute atomic E-state index is 0.000886. The number of carbonyl (C=O) groups is 12. The Morgan fingerprint density at radius 3 is 1.83 bits per heavy atom. The third kappa shape index (κ3) is 19.5. The van der Waals surface area contributed by atoms with E-state index in [9.17, 15) is 51.5 Å². The molecule has 12 amide bonds. The van der Waals surface area contributed by atoms with Crippen molar-refractivity contribution in [3.05, 3.63) is 0 Å². The highest BCUT2D eigenvalue weighted by molar-refractivity contribution is 6.21. The molecule has 0 radical (unpaired) electrons. The fraction of sp³-hybridized carbons (Fsp3) is 0.831. The second-order valence-corrected chi connectivity index (χ2v) is 31.2. The highest BCUT2D eigenvalue weighted by atomic mass is 35.5. The number of nitrogens with one attached hydrogen (secondary N) is 4. The first kappa shape index (κ1) is 80.0. The largest absolute Gasteiger partial charge is 0.393 e. The molecular weight excluding hydrogens is 1310 g/mol. The van der Waals surface area contributed by atoms with Gasteiger partial charge >= 0.3 is 6.18 Å². The van der Waals surface area contributed by atoms with E-state index in [1.807, 2.05) is 20.8 Å². The summed E-state index contributed by atoms with van der Waals surface area (Å²) in [6.45, 7) is 12.7. The molecule has 0 aromatic rings. The number of alkyl halides is 4. The molecule has 558 valence electrons. The minimum Gasteiger partial charge on any atom is -0.343 e. The van der Waals surface area contributed by atoms with Crippen molar-refractivity contribution >= 4 is 82.5 Å². The van der Waals surface area contributed by atoms with Crippen molar-refractivity contribution in [3.8, 4) is 0 Å². The number of hydrogen-bond acceptors (Lipinski definition) is 12. The quantitative estimate of drug-likeness (QED) is 0.180. The molecule has 0 aromatic carbocycles. The van der Waals surface area contributed by atoms with Crippen LogP contribution in [0.3, 0.4) is 0 Å². The van der Waals surface area contributed by atoms with Crippen molar-refractivity contribution in [1.82, 2.24) is 60.5 Å². The molecule has 3 unspecified atom stereocenters. The molecule has 4 aliphatic heterocycles. The molecule has 7 rings (SSSR count). The van der Waals surface area contributed by atoms with Crippen LogP contribution in [0.5, 0.6) is 0 Å². The Morgan fingerprint density at radius 2 is 1.24 bits per heavy atom. The summed E-state index contributed by atoms with van der Waals surface area (Å²) in [7, 11) is 7.21. The van der Waals surface area contributed by atoms with Crippen molar-refractivity contribution in [2.75, 3.05) is 68.0 Å². The summed E-state index contributed by atoms with van der Waals surface area (Å²) in [5.41, 5.74) is -1.56. The Morgan fingerprint density at radius 1 is 0.606 bits per heavy atom. The van der Waals surface area contributed by atoms with E-state index in [0.29, 0.717) is 51.6 Å². The Bertz CT molecular complexity index is 2910. The van der Waals surface area contributed by atoms with E-state index in [0.717, 1.165) is 38.5 Å². The molecule has 3 saturated carbocycles. The number of halogens is 4. The van der Waals surface area contributed by atoms with E-state index in [-0.39, 0.29) is 101 Å². The fourth-order valence-electron chi connectivity index (χ4n) is 16.3. The van der Waals surface area contributed by atoms with Gasteiger partial charge < -0.3 is 60.5 Å². The van der Waals surface area contributed by atoms with Gasteiger partial charge in [0, 0.05) is 66.8 Å². The smallest absolute Gasteiger partial charge is 0.343 e. The van der Waals surface area contributed by atoms with Crippen LogP contribution in [0.2, 0.25) is 0 Å². The number of likely N-dealkylation sites (N-methyl/N-ethyl adjacent to an activating group) is 5. The van der Waals surface area contributed by atoms with E-state index in [2.05, 4.69) is 21.3 Å². The number of carbonyl (C=O) groups excluding carboxylic acids is 12. The van der Waals surface area contributed by atoms with E-state index < -0.39 is 173 Å². The molecule has 13 atom stereocenters. The summed E-state index contributed by atoms with van der Waals surface area (Å²) in [6.07, 6.45) is 4.56. The molecule has 4 heterocycles. The zero-order valence-electron chi connectivity index (χ0n) is 60.7. The van der Waals surface area contributed by atoms with Gasteiger partial charge in [-0.15, -0.1) is 11.6 Å². The van der Waals surface area contributed by atoms with Gasteiger partial charge in [0.15, 0.2) is 0 Å². The van der Waals surface area contributed by atoms with Gasteiger partial charge in [-0.3, -0.25) is 57.5 Å². The topological polar surface area (TPSA) is 279 Å². The molecule has 0 bridgehead atoms. The number of amides is 12. The lowest BCUT2D eigenvalue weighted by Gasteiger charge is -2.44. The molecule has 7 aliphatic rings. The number of hydrogen-bond donors (Lipinski definition) is 4. The molecular formula is C71H114ClF3N12O12. The highest BCUT2D eigenvalue weighted by Crippen LogP contribution is 2.44. The number of likely N-dealkylation sites (tertiary alicyclic amines) is 1. The van der Waals surface area contributed by atoms with Crippen molar-refractivity contribution < 1.29 is 70.7 Å². The van der Waals surface area contributed by atoms with Crippen molar-refractivity contribution in [3.63, 3.8) is 0 Å². The minimum atomic E-state index is -4.51. The Labute approximate surface area is 588 Å². The molecule has 0 aromatic heterocycles. The van der Waals surface area contributed by atoms with Crippen molar-refractivity contribution in [1.29, 1.82) is 0 Å². The summed E-state index contributed by atoms with van der Waals surface area (Å²) < 4.78 is 42.0. The number of rotatable bonds is 11. The van der Waals surface area contributed by atoms with Crippen LogP contribution in [0.4, 0.5) is 13.2 Å². The lowest BCUT2D eigenvalue weighted by atomic mass is 9.78. The lowest BCUT2D eigenvalue weighted by molar-refractivity contribution is -0.182. The summed E-state index contributed by atoms with van der Waals surface area (Å²) >= 11 is 6.40. The maximum absolute atomic E-state index is 15.4. The Hall–Kier alpha value is -6.28. The van der Waals surface area contributed by atoms with Gasteiger partial charge in [-0.1, -0.05) is 92.9 Å². The zero-order valence-corrected chi connectivity index (χ0v) is 61.5. The summed E-state index contributed by atoms with van der Waals surface area (Å²) in [5, 5.41) is 10.3. The molecule has 99 heavy (non-hydrogen) atoms. The van der Waals surface area contributed by atoms with Gasteiger partial charge in [0.25, 0.3) is 0 Å². The standard InChI is InChI=1S/C71H114ClF3N12O12/c1-13-44(6)58-62(92)76-45(7)63(93)87-36-30-52(87)66(96)82(10)54(39-46-23-16-14-17-24-46)65(95)80(8)41-56(88)77-50(29-27-47-26-28-48(49(72)38-47)71(73,74)75)64(94)86-35-22-25-51(86)61(91)79-70(31-18-19-32-70)69(99)84(12)59(43(4)5)68(98)83(11)55(67(97)85-33-20-15-21-34-85)40-57(89)81(9)53(37-42(2)3)60(90)78-58/h42-55,58-59H,13-41H2,1-12H3,(H,76,92)(H,77,88)(H,78,90)(H,79,91)/t44-,45-,47?,48?,49?,50-,51-,52-,53-,54-,55-,58-,59-/m0/s1. The number of piperidine rings is 1. The third-order valence-corrected chi connectivity index (χ3v) is 23.2. The van der Waals surface area contributed by atoms with Gasteiger partial charge in [-0.2, -0.15) is 13.2 Å². The summed E-state index contributed by atoms with van der Waals surface area (Å²) in [6, 6.07) is -10.9. The van der Waals surface area contributed by atoms with Gasteiger partial charge in [0.1, 0.15) is 59.9 Å². The van der Waals surface area contributed by atoms with Gasteiger partial charge in [-0.25, -0.2) is 0 Å². The normalized spacial score (nSPS) is 31.1. The average Bonchev–Trinajstić information content (AvgIpc) is 1.76. The third-order valence-electron chi connectivity index (χ3n) is 22.7. The van der Waals surface area contributed by atoms with E-state index in [1.165, 1.54) is 76.5 Å². The summed E-state index contributed by atoms with van der Waals surface area (Å²) in [4.78, 5) is 190. The lowest BCUT2D eigenvalue weighted by Crippen LogP contribution is -2.65. The van der Waals surface area contributed by atoms with Crippen LogP contribution >= 0.6 is 11.6 Å². The number of fused-ring (bicyclic) bond motifs is 2. The maximum atomic E-state index is 15.4. The predicted molar refractivity (Wildman–Crippen MR) is 365 cm³/mol. The zero-order chi connectivity index (χ0) is 73.1. The second kappa shape index (κ2) is 35.1.